The van der Waals surface area contributed by atoms with Crippen LogP contribution in [-0.2, 0) is 20.9 Å². The summed E-state index contributed by atoms with van der Waals surface area (Å²) in [5.41, 5.74) is 3.36. The van der Waals surface area contributed by atoms with Gasteiger partial charge in [0, 0.05) is 44.7 Å². The number of hydrogen-bond acceptors (Lipinski definition) is 10. The topological polar surface area (TPSA) is 148 Å². The van der Waals surface area contributed by atoms with Gasteiger partial charge in [-0.3, -0.25) is 0 Å². The number of carbonyl (C=O) groups excluding carboxylic acids is 2. The van der Waals surface area contributed by atoms with Crippen molar-refractivity contribution < 1.29 is 43.6 Å². The third-order valence-corrected chi connectivity index (χ3v) is 12.9. The number of benzene rings is 2. The minimum absolute atomic E-state index is 0.0289. The number of hydrogen-bond donors (Lipinski definition) is 3. The first-order valence-electron chi connectivity index (χ1n) is 23.9. The Bertz CT molecular complexity index is 1770. The normalized spacial score (nSPS) is 22.8. The third-order valence-electron chi connectivity index (χ3n) is 12.9. The molecule has 12 heteroatoms. The van der Waals surface area contributed by atoms with E-state index in [2.05, 4.69) is 24.9 Å². The summed E-state index contributed by atoms with van der Waals surface area (Å²) < 4.78 is 26.0. The van der Waals surface area contributed by atoms with Gasteiger partial charge < -0.3 is 44.2 Å². The molecule has 0 bridgehead atoms. The molecule has 6 atom stereocenters. The summed E-state index contributed by atoms with van der Waals surface area (Å²) in [6.45, 7) is 9.43. The summed E-state index contributed by atoms with van der Waals surface area (Å²) in [4.78, 5) is 34.7. The van der Waals surface area contributed by atoms with Gasteiger partial charge >= 0.3 is 12.2 Å². The summed E-state index contributed by atoms with van der Waals surface area (Å²) in [5, 5.41) is 27.4. The van der Waals surface area contributed by atoms with Crippen molar-refractivity contribution in [2.75, 3.05) is 40.0 Å². The van der Waals surface area contributed by atoms with Crippen molar-refractivity contribution in [1.29, 1.82) is 0 Å². The van der Waals surface area contributed by atoms with Gasteiger partial charge in [0.15, 0.2) is 0 Å². The minimum atomic E-state index is -1.41. The number of nitrogens with one attached hydrogen (secondary N) is 1. The summed E-state index contributed by atoms with van der Waals surface area (Å²) >= 11 is 0. The Kier molecular flexibility index (Phi) is 20.8. The summed E-state index contributed by atoms with van der Waals surface area (Å²) in [7, 11) is 1.71. The molecule has 12 nitrogen and oxygen atoms in total. The SMILES string of the molecule is C=CCOC12Oc3ccc(OC(=O)NCCCCCCCCCCCC)cc3C3C(CCCCO)C(CCCCO)C=C(C(=NOCC)CC1N(C)C(=O)OCc1ccccc1)C32. The van der Waals surface area contributed by atoms with Crippen LogP contribution in [0.3, 0.4) is 0 Å². The van der Waals surface area contributed by atoms with Gasteiger partial charge in [-0.1, -0.05) is 125 Å². The minimum Gasteiger partial charge on any atom is -0.459 e. The molecule has 2 amide bonds. The first-order valence-corrected chi connectivity index (χ1v) is 23.9. The molecule has 2 aromatic carbocycles. The van der Waals surface area contributed by atoms with E-state index < -0.39 is 29.9 Å². The highest BCUT2D eigenvalue weighted by Crippen LogP contribution is 2.61. The second kappa shape index (κ2) is 26.4. The van der Waals surface area contributed by atoms with Crippen molar-refractivity contribution in [2.45, 2.75) is 147 Å². The average Bonchev–Trinajstić information content (AvgIpc) is 3.29. The highest BCUT2D eigenvalue weighted by molar-refractivity contribution is 6.03. The first-order chi connectivity index (χ1) is 30.8. The van der Waals surface area contributed by atoms with Crippen molar-refractivity contribution in [3.63, 3.8) is 0 Å². The fraction of sp³-hybridized carbons (Fsp3) is 0.627. The van der Waals surface area contributed by atoms with Crippen molar-refractivity contribution in [3.05, 3.63) is 84.0 Å². The number of allylic oxidation sites excluding steroid dienone is 1. The molecule has 2 aliphatic carbocycles. The summed E-state index contributed by atoms with van der Waals surface area (Å²) in [6, 6.07) is 14.3. The number of aliphatic hydroxyl groups excluding tert-OH is 2. The van der Waals surface area contributed by atoms with Crippen molar-refractivity contribution in [3.8, 4) is 11.5 Å². The van der Waals surface area contributed by atoms with E-state index in [1.54, 1.807) is 24.1 Å². The van der Waals surface area contributed by atoms with Crippen LogP contribution in [0.15, 0.2) is 78.0 Å². The number of rotatable bonds is 28. The molecule has 5 rings (SSSR count). The van der Waals surface area contributed by atoms with E-state index >= 15 is 0 Å². The van der Waals surface area contributed by atoms with Gasteiger partial charge in [0.25, 0.3) is 0 Å². The number of fused-ring (bicyclic) bond motifs is 2. The molecule has 0 radical (unpaired) electrons. The number of carbonyl (C=O) groups is 2. The summed E-state index contributed by atoms with van der Waals surface area (Å²) in [5.74, 6) is -1.08. The van der Waals surface area contributed by atoms with Gasteiger partial charge in [0.2, 0.25) is 5.79 Å². The van der Waals surface area contributed by atoms with Crippen molar-refractivity contribution in [1.82, 2.24) is 10.2 Å². The lowest BCUT2D eigenvalue weighted by Crippen LogP contribution is -2.69. The zero-order valence-electron chi connectivity index (χ0n) is 38.3. The molecule has 1 heterocycles. The fourth-order valence-electron chi connectivity index (χ4n) is 9.83. The predicted octanol–water partition coefficient (Wildman–Crippen LogP) is 10.6. The second-order valence-electron chi connectivity index (χ2n) is 17.3. The van der Waals surface area contributed by atoms with Crippen LogP contribution in [-0.4, -0.2) is 84.9 Å². The molecule has 1 aliphatic heterocycles. The molecule has 63 heavy (non-hydrogen) atoms. The van der Waals surface area contributed by atoms with E-state index in [4.69, 9.17) is 28.9 Å². The van der Waals surface area contributed by atoms with Gasteiger partial charge in [-0.25, -0.2) is 9.59 Å². The first kappa shape index (κ1) is 49.6. The standard InChI is InChI=1S/C51H75N3O9/c1-5-8-9-10-11-12-13-14-15-21-30-52-49(57)62-40-28-29-45-43(35-40)47-41(27-20-23-32-56)39(26-19-22-31-55)34-42-44(53-61-7-3)36-46(51(63-45,48(42)47)60-33-6-2)54(4)50(58)59-37-38-24-17-16-18-25-38/h6,16-18,24-25,28-29,34-35,39,41,46-48,55-56H,2,5,7-15,19-23,26-27,30-33,36-37H2,1,3-4H3,(H,52,57). The number of ether oxygens (including phenoxy) is 4. The quantitative estimate of drug-likeness (QED) is 0.0432. The van der Waals surface area contributed by atoms with Crippen LogP contribution in [0.5, 0.6) is 11.5 Å². The van der Waals surface area contributed by atoms with E-state index in [1.807, 2.05) is 49.4 Å². The zero-order chi connectivity index (χ0) is 44.9. The fourth-order valence-corrected chi connectivity index (χ4v) is 9.83. The predicted molar refractivity (Wildman–Crippen MR) is 247 cm³/mol. The lowest BCUT2D eigenvalue weighted by Gasteiger charge is -2.59. The molecule has 0 spiro atoms. The molecule has 3 N–H and O–H groups in total. The Morgan fingerprint density at radius 2 is 1.62 bits per heavy atom. The van der Waals surface area contributed by atoms with E-state index in [-0.39, 0.29) is 50.6 Å². The largest absolute Gasteiger partial charge is 0.459 e. The number of likely N-dealkylation sites (N-methyl/N-ethyl adjacent to an activating group) is 1. The van der Waals surface area contributed by atoms with Gasteiger partial charge in [-0.15, -0.1) is 6.58 Å². The average molecular weight is 874 g/mol. The van der Waals surface area contributed by atoms with Gasteiger partial charge in [-0.05, 0) is 80.2 Å². The van der Waals surface area contributed by atoms with Gasteiger partial charge in [0.1, 0.15) is 30.8 Å². The Balaban J connectivity index is 1.48. The number of aliphatic hydroxyl groups is 2. The van der Waals surface area contributed by atoms with Crippen LogP contribution in [0, 0.1) is 17.8 Å². The molecular formula is C51H75N3O9. The van der Waals surface area contributed by atoms with Crippen molar-refractivity contribution in [2.24, 2.45) is 22.9 Å². The molecule has 1 saturated carbocycles. The highest BCUT2D eigenvalue weighted by atomic mass is 16.7. The Morgan fingerprint density at radius 1 is 0.921 bits per heavy atom. The van der Waals surface area contributed by atoms with Crippen LogP contribution in [0.25, 0.3) is 0 Å². The molecule has 6 unspecified atom stereocenters. The molecule has 1 fully saturated rings. The maximum Gasteiger partial charge on any atom is 0.412 e. The number of oxime groups is 1. The molecule has 348 valence electrons. The lowest BCUT2D eigenvalue weighted by atomic mass is 9.55. The van der Waals surface area contributed by atoms with E-state index in [9.17, 15) is 19.8 Å². The molecular weight excluding hydrogens is 799 g/mol. The number of nitrogens with zero attached hydrogens (tertiary/aromatic N) is 2. The Hall–Kier alpha value is -4.39. The molecule has 0 aromatic heterocycles. The third kappa shape index (κ3) is 13.6. The lowest BCUT2D eigenvalue weighted by molar-refractivity contribution is -0.253. The van der Waals surface area contributed by atoms with Crippen LogP contribution in [0.1, 0.15) is 140 Å². The maximum atomic E-state index is 14.1. The van der Waals surface area contributed by atoms with Crippen LogP contribution in [0.4, 0.5) is 9.59 Å². The Morgan fingerprint density at radius 3 is 2.30 bits per heavy atom. The number of amides is 2. The van der Waals surface area contributed by atoms with Crippen LogP contribution >= 0.6 is 0 Å². The molecule has 3 aliphatic rings. The smallest absolute Gasteiger partial charge is 0.412 e. The van der Waals surface area contributed by atoms with E-state index in [0.717, 1.165) is 61.6 Å². The zero-order valence-corrected chi connectivity index (χ0v) is 38.3. The van der Waals surface area contributed by atoms with Crippen LogP contribution in [0.2, 0.25) is 0 Å². The number of unbranched alkanes of at least 4 members (excludes halogenated alkanes) is 11. The highest BCUT2D eigenvalue weighted by Gasteiger charge is 2.65. The monoisotopic (exact) mass is 874 g/mol. The summed E-state index contributed by atoms with van der Waals surface area (Å²) in [6.07, 6.45) is 19.9. The van der Waals surface area contributed by atoms with Crippen molar-refractivity contribution >= 4 is 17.9 Å². The second-order valence-corrected chi connectivity index (χ2v) is 17.3. The molecule has 0 saturated heterocycles. The maximum absolute atomic E-state index is 14.1. The Labute approximate surface area is 376 Å². The van der Waals surface area contributed by atoms with Crippen LogP contribution < -0.4 is 14.8 Å². The van der Waals surface area contributed by atoms with E-state index in [1.165, 1.54) is 44.9 Å². The molecule has 2 aromatic rings. The van der Waals surface area contributed by atoms with Gasteiger partial charge in [0.05, 0.1) is 18.2 Å². The van der Waals surface area contributed by atoms with Gasteiger partial charge in [-0.2, -0.15) is 0 Å². The van der Waals surface area contributed by atoms with E-state index in [0.29, 0.717) is 43.2 Å².